The summed E-state index contributed by atoms with van der Waals surface area (Å²) in [5.74, 6) is -0.257. The minimum Gasteiger partial charge on any atom is -0.298 e. The fraction of sp³-hybridized carbons (Fsp3) is 0.500. The van der Waals surface area contributed by atoms with Crippen LogP contribution in [0.25, 0.3) is 0 Å². The van der Waals surface area contributed by atoms with Crippen molar-refractivity contribution in [3.8, 4) is 0 Å². The lowest BCUT2D eigenvalue weighted by Crippen LogP contribution is -2.40. The van der Waals surface area contributed by atoms with Gasteiger partial charge in [-0.25, -0.2) is 8.42 Å². The van der Waals surface area contributed by atoms with Gasteiger partial charge in [-0.1, -0.05) is 6.07 Å². The van der Waals surface area contributed by atoms with Crippen LogP contribution in [0.15, 0.2) is 17.5 Å². The second kappa shape index (κ2) is 4.06. The molecular formula is C10H14O3S2. The summed E-state index contributed by atoms with van der Waals surface area (Å²) in [4.78, 5) is 12.7. The highest BCUT2D eigenvalue weighted by Gasteiger charge is 2.37. The number of hydrogen-bond acceptors (Lipinski definition) is 4. The molecular weight excluding hydrogens is 232 g/mol. The van der Waals surface area contributed by atoms with Gasteiger partial charge < -0.3 is 0 Å². The molecule has 0 aromatic carbocycles. The van der Waals surface area contributed by atoms with E-state index in [4.69, 9.17) is 0 Å². The Bertz CT molecular complexity index is 441. The van der Waals surface area contributed by atoms with Crippen molar-refractivity contribution in [2.75, 3.05) is 6.26 Å². The van der Waals surface area contributed by atoms with Crippen molar-refractivity contribution >= 4 is 27.0 Å². The topological polar surface area (TPSA) is 51.2 Å². The van der Waals surface area contributed by atoms with E-state index < -0.39 is 14.6 Å². The Morgan fingerprint density at radius 2 is 2.07 bits per heavy atom. The predicted molar refractivity (Wildman–Crippen MR) is 62.0 cm³/mol. The van der Waals surface area contributed by atoms with E-state index in [0.717, 1.165) is 11.1 Å². The zero-order chi connectivity index (χ0) is 11.7. The van der Waals surface area contributed by atoms with Crippen LogP contribution in [0, 0.1) is 0 Å². The molecule has 1 aromatic rings. The Kier molecular flexibility index (Phi) is 3.35. The number of thiophene rings is 1. The molecule has 0 atom stereocenters. The molecule has 1 heterocycles. The van der Waals surface area contributed by atoms with Gasteiger partial charge in [-0.15, -0.1) is 11.3 Å². The van der Waals surface area contributed by atoms with E-state index in [1.54, 1.807) is 0 Å². The SMILES string of the molecule is CC(C)(C(=O)Cc1cccs1)S(C)(=O)=O. The summed E-state index contributed by atoms with van der Waals surface area (Å²) < 4.78 is 21.5. The first-order valence-corrected chi connectivity index (χ1v) is 7.27. The Balaban J connectivity index is 2.87. The highest BCUT2D eigenvalue weighted by atomic mass is 32.2. The van der Waals surface area contributed by atoms with Gasteiger partial charge >= 0.3 is 0 Å². The smallest absolute Gasteiger partial charge is 0.159 e. The van der Waals surface area contributed by atoms with Crippen LogP contribution in [-0.4, -0.2) is 25.2 Å². The number of rotatable bonds is 4. The Hall–Kier alpha value is -0.680. The number of Topliss-reactive ketones (excluding diaryl/α,β-unsaturated/α-hetero) is 1. The summed E-state index contributed by atoms with van der Waals surface area (Å²) in [6.45, 7) is 2.91. The van der Waals surface area contributed by atoms with Crippen LogP contribution in [-0.2, 0) is 21.1 Å². The molecule has 0 fully saturated rings. The largest absolute Gasteiger partial charge is 0.298 e. The zero-order valence-electron chi connectivity index (χ0n) is 8.98. The number of carbonyl (C=O) groups excluding carboxylic acids is 1. The first kappa shape index (κ1) is 12.4. The normalized spacial score (nSPS) is 12.7. The summed E-state index contributed by atoms with van der Waals surface area (Å²) in [5, 5.41) is 1.87. The number of sulfone groups is 1. The maximum Gasteiger partial charge on any atom is 0.159 e. The fourth-order valence-corrected chi connectivity index (χ4v) is 2.18. The highest BCUT2D eigenvalue weighted by Crippen LogP contribution is 2.20. The number of hydrogen-bond donors (Lipinski definition) is 0. The maximum atomic E-state index is 11.8. The van der Waals surface area contributed by atoms with Gasteiger partial charge in [0.05, 0.1) is 0 Å². The summed E-state index contributed by atoms with van der Waals surface area (Å²) >= 11 is 1.46. The molecule has 0 unspecified atom stereocenters. The van der Waals surface area contributed by atoms with E-state index in [9.17, 15) is 13.2 Å². The quantitative estimate of drug-likeness (QED) is 0.812. The molecule has 1 rings (SSSR count). The summed E-state index contributed by atoms with van der Waals surface area (Å²) in [6, 6.07) is 3.68. The van der Waals surface area contributed by atoms with Gasteiger partial charge in [0, 0.05) is 17.6 Å². The van der Waals surface area contributed by atoms with Crippen molar-refractivity contribution in [2.45, 2.75) is 25.0 Å². The second-order valence-corrected chi connectivity index (χ2v) is 7.56. The molecule has 1 aromatic heterocycles. The van der Waals surface area contributed by atoms with Crippen molar-refractivity contribution < 1.29 is 13.2 Å². The van der Waals surface area contributed by atoms with Crippen molar-refractivity contribution in [3.05, 3.63) is 22.4 Å². The third-order valence-corrected chi connectivity index (χ3v) is 5.47. The standard InChI is InChI=1S/C10H14O3S2/c1-10(2,15(3,12)13)9(11)7-8-5-4-6-14-8/h4-6H,7H2,1-3H3. The van der Waals surface area contributed by atoms with E-state index in [-0.39, 0.29) is 12.2 Å². The molecule has 0 amide bonds. The van der Waals surface area contributed by atoms with Gasteiger partial charge in [-0.3, -0.25) is 4.79 Å². The van der Waals surface area contributed by atoms with Gasteiger partial charge in [0.25, 0.3) is 0 Å². The predicted octanol–water partition coefficient (Wildman–Crippen LogP) is 1.68. The number of carbonyl (C=O) groups is 1. The molecule has 0 aliphatic heterocycles. The monoisotopic (exact) mass is 246 g/mol. The Morgan fingerprint density at radius 3 is 2.47 bits per heavy atom. The molecule has 0 saturated heterocycles. The molecule has 0 bridgehead atoms. The van der Waals surface area contributed by atoms with Crippen molar-refractivity contribution in [1.29, 1.82) is 0 Å². The van der Waals surface area contributed by atoms with E-state index in [1.165, 1.54) is 25.2 Å². The maximum absolute atomic E-state index is 11.8. The van der Waals surface area contributed by atoms with E-state index in [2.05, 4.69) is 0 Å². The van der Waals surface area contributed by atoms with E-state index in [1.807, 2.05) is 17.5 Å². The van der Waals surface area contributed by atoms with Gasteiger partial charge in [0.2, 0.25) is 0 Å². The molecule has 84 valence electrons. The zero-order valence-corrected chi connectivity index (χ0v) is 10.6. The molecule has 0 aliphatic rings. The van der Waals surface area contributed by atoms with Gasteiger partial charge in [-0.2, -0.15) is 0 Å². The van der Waals surface area contributed by atoms with Gasteiger partial charge in [0.1, 0.15) is 4.75 Å². The summed E-state index contributed by atoms with van der Waals surface area (Å²) in [5.41, 5.74) is 0. The third-order valence-electron chi connectivity index (χ3n) is 2.51. The third kappa shape index (κ3) is 2.66. The molecule has 0 N–H and O–H groups in total. The minimum atomic E-state index is -3.35. The Morgan fingerprint density at radius 1 is 1.47 bits per heavy atom. The Labute approximate surface area is 94.0 Å². The van der Waals surface area contributed by atoms with Crippen molar-refractivity contribution in [1.82, 2.24) is 0 Å². The van der Waals surface area contributed by atoms with Crippen LogP contribution >= 0.6 is 11.3 Å². The first-order valence-electron chi connectivity index (χ1n) is 4.50. The molecule has 3 nitrogen and oxygen atoms in total. The molecule has 0 saturated carbocycles. The van der Waals surface area contributed by atoms with Crippen LogP contribution in [0.5, 0.6) is 0 Å². The molecule has 0 radical (unpaired) electrons. The van der Waals surface area contributed by atoms with Crippen molar-refractivity contribution in [2.24, 2.45) is 0 Å². The lowest BCUT2D eigenvalue weighted by molar-refractivity contribution is -0.120. The fourth-order valence-electron chi connectivity index (χ4n) is 0.991. The molecule has 15 heavy (non-hydrogen) atoms. The lowest BCUT2D eigenvalue weighted by Gasteiger charge is -2.20. The molecule has 5 heteroatoms. The second-order valence-electron chi connectivity index (χ2n) is 3.96. The van der Waals surface area contributed by atoms with E-state index in [0.29, 0.717) is 0 Å². The van der Waals surface area contributed by atoms with Crippen LogP contribution in [0.1, 0.15) is 18.7 Å². The van der Waals surface area contributed by atoms with Crippen LogP contribution in [0.2, 0.25) is 0 Å². The van der Waals surface area contributed by atoms with Crippen LogP contribution in [0.4, 0.5) is 0 Å². The summed E-state index contributed by atoms with van der Waals surface area (Å²) in [6.07, 6.45) is 1.29. The molecule has 0 spiro atoms. The minimum absolute atomic E-state index is 0.192. The average molecular weight is 246 g/mol. The van der Waals surface area contributed by atoms with Gasteiger partial charge in [0.15, 0.2) is 15.6 Å². The first-order chi connectivity index (χ1) is 6.75. The average Bonchev–Trinajstić information content (AvgIpc) is 2.54. The number of ketones is 1. The van der Waals surface area contributed by atoms with Crippen LogP contribution < -0.4 is 0 Å². The molecule has 0 aliphatic carbocycles. The van der Waals surface area contributed by atoms with Gasteiger partial charge in [-0.05, 0) is 25.3 Å². The summed E-state index contributed by atoms with van der Waals surface area (Å²) in [7, 11) is -3.35. The highest BCUT2D eigenvalue weighted by molar-refractivity contribution is 7.92. The lowest BCUT2D eigenvalue weighted by atomic mass is 10.0. The van der Waals surface area contributed by atoms with E-state index >= 15 is 0 Å². The van der Waals surface area contributed by atoms with Crippen molar-refractivity contribution in [3.63, 3.8) is 0 Å². The van der Waals surface area contributed by atoms with Crippen LogP contribution in [0.3, 0.4) is 0 Å².